The molecule has 7 heteroatoms. The standard InChI is InChI=1S/C20H18F3N3O/c1-26-11-10-24-19(26)18(15-7-3-2-4-8-15)25-17(27)13-14-6-5-9-16(12-14)20(21,22)23/h2-12,18H,13H2,1H3,(H,25,27)/t18-/m0/s1. The van der Waals surface area contributed by atoms with Gasteiger partial charge in [0.25, 0.3) is 0 Å². The van der Waals surface area contributed by atoms with Crippen molar-refractivity contribution in [2.45, 2.75) is 18.6 Å². The highest BCUT2D eigenvalue weighted by atomic mass is 19.4. The van der Waals surface area contributed by atoms with Gasteiger partial charge in [0.15, 0.2) is 0 Å². The van der Waals surface area contributed by atoms with Crippen molar-refractivity contribution >= 4 is 5.91 Å². The van der Waals surface area contributed by atoms with Crippen LogP contribution in [0, 0.1) is 0 Å². The quantitative estimate of drug-likeness (QED) is 0.738. The molecule has 0 spiro atoms. The first-order valence-electron chi connectivity index (χ1n) is 8.32. The number of halogens is 3. The zero-order chi connectivity index (χ0) is 19.4. The van der Waals surface area contributed by atoms with Gasteiger partial charge in [-0.2, -0.15) is 13.2 Å². The Balaban J connectivity index is 1.81. The van der Waals surface area contributed by atoms with Gasteiger partial charge in [-0.15, -0.1) is 0 Å². The van der Waals surface area contributed by atoms with Crippen LogP contribution in [0.1, 0.15) is 28.6 Å². The van der Waals surface area contributed by atoms with E-state index >= 15 is 0 Å². The van der Waals surface area contributed by atoms with E-state index < -0.39 is 17.8 Å². The average Bonchev–Trinajstić information content (AvgIpc) is 3.06. The molecule has 1 atom stereocenters. The third-order valence-corrected chi connectivity index (χ3v) is 4.17. The van der Waals surface area contributed by atoms with Gasteiger partial charge >= 0.3 is 6.18 Å². The Kier molecular flexibility index (Phi) is 5.30. The van der Waals surface area contributed by atoms with Crippen LogP contribution < -0.4 is 5.32 Å². The normalized spacial score (nSPS) is 12.6. The van der Waals surface area contributed by atoms with E-state index in [0.717, 1.165) is 17.7 Å². The van der Waals surface area contributed by atoms with Gasteiger partial charge in [-0.25, -0.2) is 4.98 Å². The van der Waals surface area contributed by atoms with E-state index in [9.17, 15) is 18.0 Å². The number of alkyl halides is 3. The lowest BCUT2D eigenvalue weighted by atomic mass is 10.0. The predicted molar refractivity (Wildman–Crippen MR) is 94.8 cm³/mol. The van der Waals surface area contributed by atoms with Crippen LogP contribution in [-0.2, 0) is 24.4 Å². The Hall–Kier alpha value is -3.09. The molecule has 0 aliphatic heterocycles. The summed E-state index contributed by atoms with van der Waals surface area (Å²) in [5.41, 5.74) is 0.370. The molecule has 0 fully saturated rings. The zero-order valence-electron chi connectivity index (χ0n) is 14.6. The lowest BCUT2D eigenvalue weighted by Crippen LogP contribution is -2.32. The number of rotatable bonds is 5. The molecule has 0 radical (unpaired) electrons. The summed E-state index contributed by atoms with van der Waals surface area (Å²) in [6.45, 7) is 0. The topological polar surface area (TPSA) is 46.9 Å². The Morgan fingerprint density at radius 3 is 2.52 bits per heavy atom. The van der Waals surface area contributed by atoms with Crippen LogP contribution in [0.4, 0.5) is 13.2 Å². The molecule has 4 nitrogen and oxygen atoms in total. The first-order chi connectivity index (χ1) is 12.8. The number of hydrogen-bond acceptors (Lipinski definition) is 2. The molecule has 2 aromatic carbocycles. The SMILES string of the molecule is Cn1ccnc1[C@@H](NC(=O)Cc1cccc(C(F)(F)F)c1)c1ccccc1. The molecule has 0 aliphatic rings. The number of benzene rings is 2. The molecule has 140 valence electrons. The molecule has 3 aromatic rings. The lowest BCUT2D eigenvalue weighted by Gasteiger charge is -2.19. The second-order valence-corrected chi connectivity index (χ2v) is 6.18. The summed E-state index contributed by atoms with van der Waals surface area (Å²) in [5, 5.41) is 2.88. The molecule has 0 aliphatic carbocycles. The van der Waals surface area contributed by atoms with Crippen molar-refractivity contribution in [2.75, 3.05) is 0 Å². The Bertz CT molecular complexity index is 919. The van der Waals surface area contributed by atoms with Gasteiger partial charge in [0.1, 0.15) is 11.9 Å². The van der Waals surface area contributed by atoms with E-state index in [2.05, 4.69) is 10.3 Å². The van der Waals surface area contributed by atoms with E-state index in [1.807, 2.05) is 37.4 Å². The fourth-order valence-electron chi connectivity index (χ4n) is 2.85. The maximum Gasteiger partial charge on any atom is 0.416 e. The third kappa shape index (κ3) is 4.55. The molecule has 0 saturated heterocycles. The molecule has 1 aromatic heterocycles. The van der Waals surface area contributed by atoms with Crippen molar-refractivity contribution in [2.24, 2.45) is 7.05 Å². The minimum atomic E-state index is -4.44. The molecule has 27 heavy (non-hydrogen) atoms. The van der Waals surface area contributed by atoms with Crippen molar-refractivity contribution in [1.29, 1.82) is 0 Å². The van der Waals surface area contributed by atoms with Crippen LogP contribution in [0.2, 0.25) is 0 Å². The maximum absolute atomic E-state index is 12.9. The van der Waals surface area contributed by atoms with Gasteiger partial charge < -0.3 is 9.88 Å². The number of carbonyl (C=O) groups excluding carboxylic acids is 1. The zero-order valence-corrected chi connectivity index (χ0v) is 14.6. The predicted octanol–water partition coefficient (Wildman–Crippen LogP) is 3.89. The average molecular weight is 373 g/mol. The maximum atomic E-state index is 12.9. The number of imidazole rings is 1. The largest absolute Gasteiger partial charge is 0.416 e. The van der Waals surface area contributed by atoms with Crippen LogP contribution in [0.25, 0.3) is 0 Å². The van der Waals surface area contributed by atoms with Crippen molar-refractivity contribution in [3.8, 4) is 0 Å². The first-order valence-corrected chi connectivity index (χ1v) is 8.32. The summed E-state index contributed by atoms with van der Waals surface area (Å²) in [6, 6.07) is 13.6. The number of hydrogen-bond donors (Lipinski definition) is 1. The van der Waals surface area contributed by atoms with Crippen LogP contribution in [-0.4, -0.2) is 15.5 Å². The van der Waals surface area contributed by atoms with Crippen molar-refractivity contribution in [1.82, 2.24) is 14.9 Å². The molecular weight excluding hydrogens is 355 g/mol. The Labute approximate surface area is 154 Å². The minimum Gasteiger partial charge on any atom is -0.342 e. The van der Waals surface area contributed by atoms with Gasteiger partial charge in [-0.3, -0.25) is 4.79 Å². The molecular formula is C20H18F3N3O. The summed E-state index contributed by atoms with van der Waals surface area (Å²) < 4.78 is 40.4. The number of carbonyl (C=O) groups is 1. The van der Waals surface area contributed by atoms with E-state index in [-0.39, 0.29) is 12.3 Å². The van der Waals surface area contributed by atoms with Gasteiger partial charge in [-0.05, 0) is 17.2 Å². The fourth-order valence-corrected chi connectivity index (χ4v) is 2.85. The lowest BCUT2D eigenvalue weighted by molar-refractivity contribution is -0.137. The van der Waals surface area contributed by atoms with Gasteiger partial charge in [0, 0.05) is 19.4 Å². The monoisotopic (exact) mass is 373 g/mol. The number of aryl methyl sites for hydroxylation is 1. The van der Waals surface area contributed by atoms with Gasteiger partial charge in [0.2, 0.25) is 5.91 Å². The second-order valence-electron chi connectivity index (χ2n) is 6.18. The van der Waals surface area contributed by atoms with Crippen molar-refractivity contribution < 1.29 is 18.0 Å². The smallest absolute Gasteiger partial charge is 0.342 e. The fraction of sp³-hybridized carbons (Fsp3) is 0.200. The van der Waals surface area contributed by atoms with Crippen molar-refractivity contribution in [3.63, 3.8) is 0 Å². The summed E-state index contributed by atoms with van der Waals surface area (Å²) in [7, 11) is 1.82. The van der Waals surface area contributed by atoms with Crippen LogP contribution in [0.3, 0.4) is 0 Å². The van der Waals surface area contributed by atoms with E-state index in [4.69, 9.17) is 0 Å². The molecule has 1 amide bonds. The molecule has 3 rings (SSSR count). The molecule has 0 unspecified atom stereocenters. The van der Waals surface area contributed by atoms with Crippen molar-refractivity contribution in [3.05, 3.63) is 89.5 Å². The Morgan fingerprint density at radius 1 is 1.15 bits per heavy atom. The summed E-state index contributed by atoms with van der Waals surface area (Å²) in [6.07, 6.45) is -1.20. The summed E-state index contributed by atoms with van der Waals surface area (Å²) in [5.74, 6) is 0.254. The van der Waals surface area contributed by atoms with E-state index in [0.29, 0.717) is 11.4 Å². The van der Waals surface area contributed by atoms with E-state index in [1.54, 1.807) is 17.0 Å². The summed E-state index contributed by atoms with van der Waals surface area (Å²) >= 11 is 0. The van der Waals surface area contributed by atoms with Gasteiger partial charge in [0.05, 0.1) is 12.0 Å². The van der Waals surface area contributed by atoms with Crippen LogP contribution >= 0.6 is 0 Å². The number of aromatic nitrogens is 2. The number of nitrogens with zero attached hydrogens (tertiary/aromatic N) is 2. The van der Waals surface area contributed by atoms with Crippen LogP contribution in [0.15, 0.2) is 67.0 Å². The highest BCUT2D eigenvalue weighted by molar-refractivity contribution is 5.79. The first kappa shape index (κ1) is 18.7. The molecule has 1 heterocycles. The molecule has 1 N–H and O–H groups in total. The number of amides is 1. The highest BCUT2D eigenvalue weighted by Gasteiger charge is 2.30. The molecule has 0 saturated carbocycles. The Morgan fingerprint density at radius 2 is 1.89 bits per heavy atom. The van der Waals surface area contributed by atoms with Gasteiger partial charge in [-0.1, -0.05) is 48.5 Å². The second kappa shape index (κ2) is 7.65. The summed E-state index contributed by atoms with van der Waals surface area (Å²) in [4.78, 5) is 16.8. The highest BCUT2D eigenvalue weighted by Crippen LogP contribution is 2.29. The minimum absolute atomic E-state index is 0.155. The molecule has 0 bridgehead atoms. The number of nitrogens with one attached hydrogen (secondary N) is 1. The third-order valence-electron chi connectivity index (χ3n) is 4.17. The van der Waals surface area contributed by atoms with E-state index in [1.165, 1.54) is 12.1 Å². The van der Waals surface area contributed by atoms with Crippen LogP contribution in [0.5, 0.6) is 0 Å².